The van der Waals surface area contributed by atoms with Gasteiger partial charge in [0.05, 0.1) is 17.6 Å². The van der Waals surface area contributed by atoms with Gasteiger partial charge in [-0.25, -0.2) is 9.18 Å². The molecular weight excluding hydrogens is 475 g/mol. The van der Waals surface area contributed by atoms with E-state index in [9.17, 15) is 9.18 Å². The second-order valence-corrected chi connectivity index (χ2v) is 9.37. The van der Waals surface area contributed by atoms with Crippen molar-refractivity contribution in [1.29, 1.82) is 5.41 Å². The standard InChI is InChI=1S/C26H31FN8O2/c27-14-19-6-4-18(15-31-19)17-5-7-22-21(13-17)32-24-23(37-22)16-35(26(36)33-24)20-3-1-10-34(12-8-20)11-2-9-30-25(28)29/h4-7,13,15-16,20H,1-3,8-12,14H2,(H4,28,29,30)(H,32,33,36). The lowest BCUT2D eigenvalue weighted by atomic mass is 10.1. The Bertz CT molecular complexity index is 1330. The predicted molar refractivity (Wildman–Crippen MR) is 140 cm³/mol. The number of benzene rings is 1. The van der Waals surface area contributed by atoms with Crippen molar-refractivity contribution in [3.63, 3.8) is 0 Å². The van der Waals surface area contributed by atoms with Crippen molar-refractivity contribution in [3.8, 4) is 22.6 Å². The largest absolute Gasteiger partial charge is 0.450 e. The molecule has 10 nitrogen and oxygen atoms in total. The number of nitrogens with zero attached hydrogens (tertiary/aromatic N) is 4. The minimum atomic E-state index is -0.598. The molecule has 1 unspecified atom stereocenters. The fraction of sp³-hybridized carbons (Fsp3) is 0.385. The van der Waals surface area contributed by atoms with Crippen molar-refractivity contribution >= 4 is 17.5 Å². The first-order valence-electron chi connectivity index (χ1n) is 12.5. The molecule has 1 saturated heterocycles. The van der Waals surface area contributed by atoms with Gasteiger partial charge in [-0.05, 0) is 62.5 Å². The van der Waals surface area contributed by atoms with Gasteiger partial charge in [-0.2, -0.15) is 4.98 Å². The van der Waals surface area contributed by atoms with Crippen LogP contribution in [-0.2, 0) is 6.67 Å². The molecular formula is C26H31FN8O2. The summed E-state index contributed by atoms with van der Waals surface area (Å²) in [5.74, 6) is 1.55. The van der Waals surface area contributed by atoms with E-state index < -0.39 is 6.67 Å². The quantitative estimate of drug-likeness (QED) is 0.170. The molecule has 0 bridgehead atoms. The molecule has 5 rings (SSSR count). The number of anilines is 2. The van der Waals surface area contributed by atoms with Gasteiger partial charge in [0.15, 0.2) is 23.3 Å². The van der Waals surface area contributed by atoms with Crippen LogP contribution in [0.25, 0.3) is 11.1 Å². The molecule has 5 N–H and O–H groups in total. The number of rotatable bonds is 7. The van der Waals surface area contributed by atoms with E-state index in [1.54, 1.807) is 23.0 Å². The average Bonchev–Trinajstić information content (AvgIpc) is 3.15. The number of nitrogens with one attached hydrogen (secondary N) is 3. The number of fused-ring (bicyclic) bond motifs is 2. The topological polar surface area (TPSA) is 134 Å². The van der Waals surface area contributed by atoms with Crippen LogP contribution in [0.4, 0.5) is 15.9 Å². The number of alkyl halides is 1. The third-order valence-electron chi connectivity index (χ3n) is 6.82. The van der Waals surface area contributed by atoms with E-state index >= 15 is 0 Å². The molecule has 1 aromatic carbocycles. The van der Waals surface area contributed by atoms with Crippen LogP contribution >= 0.6 is 0 Å². The molecule has 2 aromatic heterocycles. The highest BCUT2D eigenvalue weighted by Gasteiger charge is 2.24. The molecule has 2 aliphatic rings. The molecule has 0 spiro atoms. The van der Waals surface area contributed by atoms with E-state index in [1.807, 2.05) is 24.3 Å². The van der Waals surface area contributed by atoms with E-state index in [-0.39, 0.29) is 17.7 Å². The molecule has 1 atom stereocenters. The zero-order valence-electron chi connectivity index (χ0n) is 20.5. The van der Waals surface area contributed by atoms with Crippen molar-refractivity contribution in [2.75, 3.05) is 31.5 Å². The van der Waals surface area contributed by atoms with Crippen molar-refractivity contribution < 1.29 is 9.13 Å². The van der Waals surface area contributed by atoms with E-state index in [2.05, 4.69) is 25.5 Å². The van der Waals surface area contributed by atoms with Gasteiger partial charge in [0, 0.05) is 30.9 Å². The summed E-state index contributed by atoms with van der Waals surface area (Å²) in [5.41, 5.74) is 7.88. The lowest BCUT2D eigenvalue weighted by Gasteiger charge is -2.24. The van der Waals surface area contributed by atoms with E-state index in [0.717, 1.165) is 56.4 Å². The SMILES string of the molecule is N=C(N)NCCCN1CCCC(n2cc3c(nc2=O)Nc2cc(-c4ccc(CF)nc4)ccc2O3)CC1. The van der Waals surface area contributed by atoms with Crippen molar-refractivity contribution in [1.82, 2.24) is 24.8 Å². The number of ether oxygens (including phenoxy) is 1. The smallest absolute Gasteiger partial charge is 0.350 e. The monoisotopic (exact) mass is 506 g/mol. The highest BCUT2D eigenvalue weighted by atomic mass is 19.1. The summed E-state index contributed by atoms with van der Waals surface area (Å²) < 4.78 is 20.6. The molecule has 194 valence electrons. The highest BCUT2D eigenvalue weighted by Crippen LogP contribution is 2.42. The molecule has 1 fully saturated rings. The van der Waals surface area contributed by atoms with Gasteiger partial charge >= 0.3 is 5.69 Å². The minimum absolute atomic E-state index is 0.00302. The van der Waals surface area contributed by atoms with Crippen LogP contribution in [0.15, 0.2) is 47.5 Å². The Morgan fingerprint density at radius 1 is 1.22 bits per heavy atom. The van der Waals surface area contributed by atoms with Crippen LogP contribution < -0.4 is 26.8 Å². The van der Waals surface area contributed by atoms with E-state index in [0.29, 0.717) is 35.2 Å². The van der Waals surface area contributed by atoms with Gasteiger partial charge < -0.3 is 26.0 Å². The summed E-state index contributed by atoms with van der Waals surface area (Å²) in [6.45, 7) is 2.87. The maximum Gasteiger partial charge on any atom is 0.350 e. The van der Waals surface area contributed by atoms with Gasteiger partial charge in [0.1, 0.15) is 6.67 Å². The number of pyridine rings is 1. The Hall–Kier alpha value is -3.99. The molecule has 3 aromatic rings. The Balaban J connectivity index is 1.27. The van der Waals surface area contributed by atoms with Crippen LogP contribution in [0.3, 0.4) is 0 Å². The van der Waals surface area contributed by atoms with Crippen molar-refractivity contribution in [2.45, 2.75) is 38.4 Å². The van der Waals surface area contributed by atoms with E-state index in [1.165, 1.54) is 0 Å². The number of nitrogens with two attached hydrogens (primary N) is 1. The molecule has 0 amide bonds. The number of hydrogen-bond donors (Lipinski definition) is 4. The maximum atomic E-state index is 13.0. The maximum absolute atomic E-state index is 13.0. The third kappa shape index (κ3) is 5.72. The number of guanidine groups is 1. The van der Waals surface area contributed by atoms with Gasteiger partial charge in [0.25, 0.3) is 0 Å². The zero-order valence-corrected chi connectivity index (χ0v) is 20.5. The number of hydrogen-bond acceptors (Lipinski definition) is 7. The second kappa shape index (κ2) is 11.0. The van der Waals surface area contributed by atoms with Crippen molar-refractivity contribution in [3.05, 3.63) is 58.9 Å². The Morgan fingerprint density at radius 2 is 2.08 bits per heavy atom. The van der Waals surface area contributed by atoms with Crippen molar-refractivity contribution in [2.24, 2.45) is 5.73 Å². The molecule has 11 heteroatoms. The first-order valence-corrected chi connectivity index (χ1v) is 12.5. The minimum Gasteiger partial charge on any atom is -0.450 e. The van der Waals surface area contributed by atoms with Gasteiger partial charge in [0.2, 0.25) is 0 Å². The van der Waals surface area contributed by atoms with Crippen LogP contribution in [0.5, 0.6) is 11.5 Å². The molecule has 0 aliphatic carbocycles. The molecule has 2 aliphatic heterocycles. The van der Waals surface area contributed by atoms with Crippen LogP contribution in [0.1, 0.15) is 37.4 Å². The fourth-order valence-electron chi connectivity index (χ4n) is 4.86. The number of likely N-dealkylation sites (tertiary alicyclic amines) is 1. The summed E-state index contributed by atoms with van der Waals surface area (Å²) in [4.78, 5) is 23.8. The molecule has 0 radical (unpaired) electrons. The van der Waals surface area contributed by atoms with Crippen LogP contribution in [0.2, 0.25) is 0 Å². The van der Waals surface area contributed by atoms with Crippen LogP contribution in [-0.4, -0.2) is 51.6 Å². The fourth-order valence-corrected chi connectivity index (χ4v) is 4.86. The summed E-state index contributed by atoms with van der Waals surface area (Å²) in [5, 5.41) is 13.3. The van der Waals surface area contributed by atoms with Gasteiger partial charge in [-0.3, -0.25) is 15.0 Å². The predicted octanol–water partition coefficient (Wildman–Crippen LogP) is 3.52. The van der Waals surface area contributed by atoms with Crippen LogP contribution in [0, 0.1) is 5.41 Å². The lowest BCUT2D eigenvalue weighted by Crippen LogP contribution is -2.34. The summed E-state index contributed by atoms with van der Waals surface area (Å²) >= 11 is 0. The molecule has 0 saturated carbocycles. The normalized spacial score (nSPS) is 17.1. The highest BCUT2D eigenvalue weighted by molar-refractivity contribution is 5.78. The Kier molecular flexibility index (Phi) is 7.31. The average molecular weight is 507 g/mol. The van der Waals surface area contributed by atoms with Gasteiger partial charge in [-0.15, -0.1) is 0 Å². The Labute approximate surface area is 214 Å². The lowest BCUT2D eigenvalue weighted by molar-refractivity contribution is 0.276. The summed E-state index contributed by atoms with van der Waals surface area (Å²) in [6, 6.07) is 9.24. The van der Waals surface area contributed by atoms with Gasteiger partial charge in [-0.1, -0.05) is 12.1 Å². The number of halogens is 1. The molecule has 4 heterocycles. The molecule has 37 heavy (non-hydrogen) atoms. The summed E-state index contributed by atoms with van der Waals surface area (Å²) in [7, 11) is 0. The Morgan fingerprint density at radius 3 is 2.86 bits per heavy atom. The first kappa shape index (κ1) is 24.7. The second-order valence-electron chi connectivity index (χ2n) is 9.37. The zero-order chi connectivity index (χ0) is 25.8. The summed E-state index contributed by atoms with van der Waals surface area (Å²) in [6.07, 6.45) is 7.05. The van der Waals surface area contributed by atoms with E-state index in [4.69, 9.17) is 15.9 Å². The third-order valence-corrected chi connectivity index (χ3v) is 6.82. The number of aromatic nitrogens is 3. The first-order chi connectivity index (χ1) is 18.0.